The Bertz CT molecular complexity index is 1240. The van der Waals surface area contributed by atoms with Gasteiger partial charge in [0.1, 0.15) is 0 Å². The van der Waals surface area contributed by atoms with E-state index in [0.717, 1.165) is 31.0 Å². The number of nitrogens with one attached hydrogen (secondary N) is 2. The highest BCUT2D eigenvalue weighted by Crippen LogP contribution is 2.35. The van der Waals surface area contributed by atoms with E-state index in [4.69, 9.17) is 0 Å². The maximum Gasteiger partial charge on any atom is 0.434 e. The van der Waals surface area contributed by atoms with Gasteiger partial charge in [0.2, 0.25) is 5.91 Å². The molecule has 184 valence electrons. The van der Waals surface area contributed by atoms with Gasteiger partial charge in [-0.05, 0) is 48.7 Å². The van der Waals surface area contributed by atoms with E-state index in [2.05, 4.69) is 15.7 Å². The van der Waals surface area contributed by atoms with Crippen LogP contribution in [0, 0.1) is 5.92 Å². The first-order valence-electron chi connectivity index (χ1n) is 10.4. The molecule has 1 aliphatic carbocycles. The second-order valence-corrected chi connectivity index (χ2v) is 8.01. The van der Waals surface area contributed by atoms with Gasteiger partial charge in [0.05, 0.1) is 23.0 Å². The van der Waals surface area contributed by atoms with Crippen LogP contribution in [-0.2, 0) is 23.7 Å². The van der Waals surface area contributed by atoms with Gasteiger partial charge in [-0.3, -0.25) is 9.59 Å². The summed E-state index contributed by atoms with van der Waals surface area (Å²) in [6.45, 7) is -0.123. The van der Waals surface area contributed by atoms with Crippen molar-refractivity contribution in [2.75, 3.05) is 5.32 Å². The van der Waals surface area contributed by atoms with E-state index in [1.54, 1.807) is 24.3 Å². The van der Waals surface area contributed by atoms with Crippen LogP contribution in [0.25, 0.3) is 5.69 Å². The van der Waals surface area contributed by atoms with E-state index < -0.39 is 40.8 Å². The summed E-state index contributed by atoms with van der Waals surface area (Å²) in [7, 11) is 0. The minimum absolute atomic E-state index is 0.0219. The third-order valence-corrected chi connectivity index (χ3v) is 5.32. The van der Waals surface area contributed by atoms with Crippen LogP contribution in [0.4, 0.5) is 32.0 Å². The Balaban J connectivity index is 1.51. The first-order chi connectivity index (χ1) is 16.4. The number of amides is 2. The van der Waals surface area contributed by atoms with Gasteiger partial charge in [-0.25, -0.2) is 4.68 Å². The fourth-order valence-corrected chi connectivity index (χ4v) is 3.37. The third-order valence-electron chi connectivity index (χ3n) is 5.32. The fraction of sp³-hybridized carbons (Fsp3) is 0.261. The van der Waals surface area contributed by atoms with Crippen LogP contribution in [0.1, 0.15) is 40.0 Å². The van der Waals surface area contributed by atoms with E-state index in [9.17, 15) is 35.9 Å². The van der Waals surface area contributed by atoms with Gasteiger partial charge in [-0.1, -0.05) is 18.2 Å². The highest BCUT2D eigenvalue weighted by Gasteiger charge is 2.41. The average Bonchev–Trinajstić information content (AvgIpc) is 3.55. The molecule has 0 saturated heterocycles. The van der Waals surface area contributed by atoms with Gasteiger partial charge in [-0.2, -0.15) is 31.4 Å². The molecule has 1 aliphatic rings. The van der Waals surface area contributed by atoms with Gasteiger partial charge >= 0.3 is 12.4 Å². The predicted molar refractivity (Wildman–Crippen MR) is 113 cm³/mol. The number of anilines is 1. The van der Waals surface area contributed by atoms with Crippen LogP contribution >= 0.6 is 0 Å². The van der Waals surface area contributed by atoms with Crippen molar-refractivity contribution in [1.82, 2.24) is 15.1 Å². The van der Waals surface area contributed by atoms with Gasteiger partial charge in [0, 0.05) is 18.2 Å². The quantitative estimate of drug-likeness (QED) is 0.462. The minimum atomic E-state index is -5.07. The molecular weight excluding hydrogens is 478 g/mol. The first kappa shape index (κ1) is 24.3. The lowest BCUT2D eigenvalue weighted by Gasteiger charge is -2.14. The lowest BCUT2D eigenvalue weighted by Crippen LogP contribution is -2.26. The number of benzene rings is 2. The number of alkyl halides is 6. The van der Waals surface area contributed by atoms with Crippen molar-refractivity contribution >= 4 is 17.5 Å². The Morgan fingerprint density at radius 1 is 0.971 bits per heavy atom. The molecule has 0 radical (unpaired) electrons. The Hall–Kier alpha value is -3.83. The molecule has 1 fully saturated rings. The van der Waals surface area contributed by atoms with Crippen molar-refractivity contribution in [3.63, 3.8) is 0 Å². The van der Waals surface area contributed by atoms with Crippen LogP contribution in [0.15, 0.2) is 54.7 Å². The normalized spacial score (nSPS) is 14.0. The van der Waals surface area contributed by atoms with Crippen LogP contribution in [-0.4, -0.2) is 21.6 Å². The molecule has 2 amide bonds. The zero-order valence-electron chi connectivity index (χ0n) is 17.9. The highest BCUT2D eigenvalue weighted by atomic mass is 19.4. The molecule has 35 heavy (non-hydrogen) atoms. The van der Waals surface area contributed by atoms with Crippen molar-refractivity contribution in [1.29, 1.82) is 0 Å². The van der Waals surface area contributed by atoms with Gasteiger partial charge in [-0.15, -0.1) is 0 Å². The highest BCUT2D eigenvalue weighted by molar-refractivity contribution is 5.95. The zero-order chi connectivity index (χ0) is 25.4. The van der Waals surface area contributed by atoms with E-state index in [1.165, 1.54) is 0 Å². The number of hydrogen-bond donors (Lipinski definition) is 2. The van der Waals surface area contributed by atoms with Crippen molar-refractivity contribution in [3.05, 3.63) is 77.1 Å². The summed E-state index contributed by atoms with van der Waals surface area (Å²) in [5, 5.41) is 8.64. The average molecular weight is 496 g/mol. The molecule has 3 aromatic rings. The minimum Gasteiger partial charge on any atom is -0.348 e. The molecule has 0 atom stereocenters. The molecule has 12 heteroatoms. The number of halogens is 6. The van der Waals surface area contributed by atoms with Crippen molar-refractivity contribution in [2.24, 2.45) is 5.92 Å². The Morgan fingerprint density at radius 3 is 2.26 bits per heavy atom. The molecule has 1 aromatic heterocycles. The van der Waals surface area contributed by atoms with Crippen LogP contribution in [0.3, 0.4) is 0 Å². The lowest BCUT2D eigenvalue weighted by molar-refractivity contribution is -0.143. The number of nitrogens with zero attached hydrogens (tertiary/aromatic N) is 2. The Labute approximate surface area is 194 Å². The monoisotopic (exact) mass is 496 g/mol. The lowest BCUT2D eigenvalue weighted by atomic mass is 10.1. The molecular formula is C23H18F6N4O2. The summed E-state index contributed by atoms with van der Waals surface area (Å²) < 4.78 is 80.7. The van der Waals surface area contributed by atoms with E-state index >= 15 is 0 Å². The van der Waals surface area contributed by atoms with Gasteiger partial charge < -0.3 is 10.6 Å². The number of carbonyl (C=O) groups is 2. The summed E-state index contributed by atoms with van der Waals surface area (Å²) in [5.74, 6) is -1.15. The molecule has 4 rings (SSSR count). The van der Waals surface area contributed by atoms with Crippen molar-refractivity contribution in [3.8, 4) is 5.69 Å². The summed E-state index contributed by atoms with van der Waals surface area (Å²) in [4.78, 5) is 24.3. The maximum absolute atomic E-state index is 13.8. The Morgan fingerprint density at radius 2 is 1.66 bits per heavy atom. The molecule has 0 unspecified atom stereocenters. The predicted octanol–water partition coefficient (Wildman–Crippen LogP) is 5.19. The van der Waals surface area contributed by atoms with Crippen molar-refractivity contribution in [2.45, 2.75) is 31.7 Å². The first-order valence-corrected chi connectivity index (χ1v) is 10.4. The number of rotatable bonds is 6. The largest absolute Gasteiger partial charge is 0.434 e. The van der Waals surface area contributed by atoms with E-state index in [-0.39, 0.29) is 23.1 Å². The summed E-state index contributed by atoms with van der Waals surface area (Å²) >= 11 is 0. The number of aromatic nitrogens is 2. The van der Waals surface area contributed by atoms with E-state index in [0.29, 0.717) is 23.5 Å². The van der Waals surface area contributed by atoms with Crippen molar-refractivity contribution < 1.29 is 35.9 Å². The molecule has 0 aliphatic heterocycles. The zero-order valence-corrected chi connectivity index (χ0v) is 17.9. The topological polar surface area (TPSA) is 76.0 Å². The summed E-state index contributed by atoms with van der Waals surface area (Å²) in [6.07, 6.45) is -7.48. The van der Waals surface area contributed by atoms with E-state index in [1.807, 2.05) is 0 Å². The number of carbonyl (C=O) groups excluding carboxylic acids is 2. The molecule has 0 bridgehead atoms. The van der Waals surface area contributed by atoms with Gasteiger partial charge in [0.25, 0.3) is 5.91 Å². The third kappa shape index (κ3) is 5.64. The second-order valence-electron chi connectivity index (χ2n) is 8.01. The molecule has 2 aromatic carbocycles. The molecule has 1 heterocycles. The van der Waals surface area contributed by atoms with Gasteiger partial charge in [0.15, 0.2) is 5.69 Å². The van der Waals surface area contributed by atoms with Crippen LogP contribution in [0.2, 0.25) is 0 Å². The maximum atomic E-state index is 13.8. The fourth-order valence-electron chi connectivity index (χ4n) is 3.37. The molecule has 2 N–H and O–H groups in total. The molecule has 0 spiro atoms. The summed E-state index contributed by atoms with van der Waals surface area (Å²) in [5.41, 5.74) is -2.85. The van der Waals surface area contributed by atoms with Crippen LogP contribution in [0.5, 0.6) is 0 Å². The van der Waals surface area contributed by atoms with Crippen LogP contribution < -0.4 is 10.6 Å². The number of hydrogen-bond acceptors (Lipinski definition) is 3. The summed E-state index contributed by atoms with van der Waals surface area (Å²) in [6, 6.07) is 9.63. The molecule has 6 nitrogen and oxygen atoms in total. The standard InChI is InChI=1S/C23H18F6N4O2/c24-22(25,26)15-2-1-3-17(10-15)33-19(23(27,28)29)18(12-31-33)21(35)30-11-13-4-8-16(9-5-13)32-20(34)14-6-7-14/h1-5,8-10,12,14H,6-7,11H2,(H,30,35)(H,32,34). The molecule has 1 saturated carbocycles. The second kappa shape index (κ2) is 9.08. The Kier molecular flexibility index (Phi) is 6.30. The SMILES string of the molecule is O=C(NCc1ccc(NC(=O)C2CC2)cc1)c1cnn(-c2cccc(C(F)(F)F)c2)c1C(F)(F)F. The smallest absolute Gasteiger partial charge is 0.348 e.